The molecule has 0 aliphatic carbocycles. The number of nitrogens with zero attached hydrogens (tertiary/aromatic N) is 4. The summed E-state index contributed by atoms with van der Waals surface area (Å²) in [5.41, 5.74) is 0. The van der Waals surface area contributed by atoms with Crippen LogP contribution >= 0.6 is 24.0 Å². The molecule has 132 valence electrons. The summed E-state index contributed by atoms with van der Waals surface area (Å²) in [6.07, 6.45) is 7.19. The van der Waals surface area contributed by atoms with Crippen LogP contribution < -0.4 is 10.6 Å². The number of aryl methyl sites for hydroxylation is 1. The van der Waals surface area contributed by atoms with E-state index in [0.717, 1.165) is 43.0 Å². The van der Waals surface area contributed by atoms with Crippen molar-refractivity contribution in [3.8, 4) is 0 Å². The lowest BCUT2D eigenvalue weighted by atomic mass is 10.1. The Morgan fingerprint density at radius 2 is 2.04 bits per heavy atom. The molecule has 23 heavy (non-hydrogen) atoms. The number of fused-ring (bicyclic) bond motifs is 1. The smallest absolute Gasteiger partial charge is 0.191 e. The second-order valence-corrected chi connectivity index (χ2v) is 6.38. The SMILES string of the molecule is CN=C(NCCCC(C)C)NCc1nnc2n1CCCCC2.I. The summed E-state index contributed by atoms with van der Waals surface area (Å²) in [5.74, 6) is 3.74. The normalized spacial score (nSPS) is 14.9. The number of rotatable bonds is 6. The van der Waals surface area contributed by atoms with Crippen molar-refractivity contribution in [1.82, 2.24) is 25.4 Å². The van der Waals surface area contributed by atoms with Crippen LogP contribution in [0.1, 0.15) is 57.6 Å². The average molecular weight is 434 g/mol. The van der Waals surface area contributed by atoms with E-state index in [2.05, 4.69) is 44.2 Å². The zero-order valence-electron chi connectivity index (χ0n) is 14.6. The van der Waals surface area contributed by atoms with Crippen molar-refractivity contribution in [2.75, 3.05) is 13.6 Å². The first-order valence-electron chi connectivity index (χ1n) is 8.56. The molecule has 1 aromatic rings. The minimum Gasteiger partial charge on any atom is -0.356 e. The molecule has 0 spiro atoms. The molecule has 2 rings (SSSR count). The van der Waals surface area contributed by atoms with Crippen LogP contribution in [0, 0.1) is 5.92 Å². The van der Waals surface area contributed by atoms with Crippen LogP contribution in [0.2, 0.25) is 0 Å². The third-order valence-corrected chi connectivity index (χ3v) is 4.07. The van der Waals surface area contributed by atoms with Gasteiger partial charge in [0.2, 0.25) is 0 Å². The second kappa shape index (κ2) is 10.8. The van der Waals surface area contributed by atoms with Crippen molar-refractivity contribution in [3.63, 3.8) is 0 Å². The van der Waals surface area contributed by atoms with Gasteiger partial charge in [-0.2, -0.15) is 0 Å². The van der Waals surface area contributed by atoms with E-state index in [0.29, 0.717) is 6.54 Å². The van der Waals surface area contributed by atoms with Gasteiger partial charge < -0.3 is 15.2 Å². The van der Waals surface area contributed by atoms with Crippen molar-refractivity contribution in [2.45, 2.75) is 65.5 Å². The molecule has 1 aliphatic rings. The fourth-order valence-corrected chi connectivity index (χ4v) is 2.78. The Morgan fingerprint density at radius 3 is 2.78 bits per heavy atom. The van der Waals surface area contributed by atoms with E-state index in [1.54, 1.807) is 0 Å². The number of guanidine groups is 1. The van der Waals surface area contributed by atoms with Gasteiger partial charge in [-0.15, -0.1) is 34.2 Å². The molecule has 0 unspecified atom stereocenters. The highest BCUT2D eigenvalue weighted by Gasteiger charge is 2.14. The van der Waals surface area contributed by atoms with Gasteiger partial charge in [-0.05, 0) is 31.6 Å². The van der Waals surface area contributed by atoms with E-state index in [9.17, 15) is 0 Å². The van der Waals surface area contributed by atoms with Gasteiger partial charge in [0.25, 0.3) is 0 Å². The van der Waals surface area contributed by atoms with Gasteiger partial charge in [0, 0.05) is 26.6 Å². The highest BCUT2D eigenvalue weighted by Crippen LogP contribution is 2.14. The number of hydrogen-bond acceptors (Lipinski definition) is 3. The third-order valence-electron chi connectivity index (χ3n) is 4.07. The number of hydrogen-bond donors (Lipinski definition) is 2. The Bertz CT molecular complexity index is 483. The molecule has 6 nitrogen and oxygen atoms in total. The third kappa shape index (κ3) is 6.64. The van der Waals surface area contributed by atoms with E-state index in [1.165, 1.54) is 32.1 Å². The molecular formula is C16H31IN6. The standard InChI is InChI=1S/C16H30N6.HI/c1-13(2)8-7-10-18-16(17-3)19-12-15-21-20-14-9-5-4-6-11-22(14)15;/h13H,4-12H2,1-3H3,(H2,17,18,19);1H. The highest BCUT2D eigenvalue weighted by atomic mass is 127. The van der Waals surface area contributed by atoms with Crippen LogP contribution in [0.4, 0.5) is 0 Å². The zero-order valence-corrected chi connectivity index (χ0v) is 17.0. The summed E-state index contributed by atoms with van der Waals surface area (Å²) in [6.45, 7) is 7.18. The lowest BCUT2D eigenvalue weighted by Crippen LogP contribution is -2.38. The van der Waals surface area contributed by atoms with Gasteiger partial charge in [-0.1, -0.05) is 20.3 Å². The monoisotopic (exact) mass is 434 g/mol. The predicted molar refractivity (Wildman–Crippen MR) is 105 cm³/mol. The zero-order chi connectivity index (χ0) is 15.8. The summed E-state index contributed by atoms with van der Waals surface area (Å²) in [6, 6.07) is 0. The van der Waals surface area contributed by atoms with E-state index < -0.39 is 0 Å². The molecule has 0 bridgehead atoms. The maximum absolute atomic E-state index is 4.33. The molecule has 7 heteroatoms. The van der Waals surface area contributed by atoms with Crippen LogP contribution in [0.3, 0.4) is 0 Å². The first-order chi connectivity index (χ1) is 10.7. The van der Waals surface area contributed by atoms with Crippen LogP contribution in [0.25, 0.3) is 0 Å². The Balaban J connectivity index is 0.00000264. The molecule has 1 aromatic heterocycles. The van der Waals surface area contributed by atoms with Gasteiger partial charge in [0.15, 0.2) is 11.8 Å². The van der Waals surface area contributed by atoms with Crippen LogP contribution in [0.5, 0.6) is 0 Å². The summed E-state index contributed by atoms with van der Waals surface area (Å²) < 4.78 is 2.27. The summed E-state index contributed by atoms with van der Waals surface area (Å²) in [7, 11) is 1.81. The second-order valence-electron chi connectivity index (χ2n) is 6.38. The Labute approximate surface area is 157 Å². The minimum absolute atomic E-state index is 0. The van der Waals surface area contributed by atoms with Crippen LogP contribution in [-0.2, 0) is 19.5 Å². The van der Waals surface area contributed by atoms with Crippen molar-refractivity contribution < 1.29 is 0 Å². The Hall–Kier alpha value is -0.860. The molecule has 0 fully saturated rings. The van der Waals surface area contributed by atoms with Crippen LogP contribution in [-0.4, -0.2) is 34.3 Å². The lowest BCUT2D eigenvalue weighted by molar-refractivity contribution is 0.548. The first kappa shape index (κ1) is 20.2. The molecule has 0 amide bonds. The summed E-state index contributed by atoms with van der Waals surface area (Å²) >= 11 is 0. The molecule has 0 radical (unpaired) electrons. The molecule has 0 atom stereocenters. The molecule has 2 N–H and O–H groups in total. The quantitative estimate of drug-likeness (QED) is 0.313. The summed E-state index contributed by atoms with van der Waals surface area (Å²) in [4.78, 5) is 4.27. The van der Waals surface area contributed by atoms with Gasteiger partial charge >= 0.3 is 0 Å². The Kier molecular flexibility index (Phi) is 9.50. The van der Waals surface area contributed by atoms with E-state index >= 15 is 0 Å². The molecule has 0 saturated heterocycles. The van der Waals surface area contributed by atoms with Crippen molar-refractivity contribution in [2.24, 2.45) is 10.9 Å². The number of aliphatic imine (C=N–C) groups is 1. The molecule has 0 saturated carbocycles. The van der Waals surface area contributed by atoms with Crippen molar-refractivity contribution in [1.29, 1.82) is 0 Å². The van der Waals surface area contributed by atoms with E-state index in [1.807, 2.05) is 7.05 Å². The van der Waals surface area contributed by atoms with Gasteiger partial charge in [0.1, 0.15) is 5.82 Å². The van der Waals surface area contributed by atoms with Crippen LogP contribution in [0.15, 0.2) is 4.99 Å². The maximum Gasteiger partial charge on any atom is 0.191 e. The van der Waals surface area contributed by atoms with Crippen molar-refractivity contribution >= 4 is 29.9 Å². The van der Waals surface area contributed by atoms with E-state index in [4.69, 9.17) is 0 Å². The topological polar surface area (TPSA) is 67.1 Å². The predicted octanol–water partition coefficient (Wildman–Crippen LogP) is 2.72. The Morgan fingerprint density at radius 1 is 1.22 bits per heavy atom. The number of aromatic nitrogens is 3. The first-order valence-corrected chi connectivity index (χ1v) is 8.56. The molecular weight excluding hydrogens is 403 g/mol. The lowest BCUT2D eigenvalue weighted by Gasteiger charge is -2.13. The van der Waals surface area contributed by atoms with Crippen molar-refractivity contribution in [3.05, 3.63) is 11.6 Å². The van der Waals surface area contributed by atoms with E-state index in [-0.39, 0.29) is 24.0 Å². The highest BCUT2D eigenvalue weighted by molar-refractivity contribution is 14.0. The number of halogens is 1. The van der Waals surface area contributed by atoms with Gasteiger partial charge in [-0.3, -0.25) is 4.99 Å². The minimum atomic E-state index is 0. The fourth-order valence-electron chi connectivity index (χ4n) is 2.78. The number of nitrogens with one attached hydrogen (secondary N) is 2. The molecule has 0 aromatic carbocycles. The molecule has 1 aliphatic heterocycles. The molecule has 2 heterocycles. The van der Waals surface area contributed by atoms with Gasteiger partial charge in [0.05, 0.1) is 6.54 Å². The fraction of sp³-hybridized carbons (Fsp3) is 0.812. The van der Waals surface area contributed by atoms with Gasteiger partial charge in [-0.25, -0.2) is 0 Å². The maximum atomic E-state index is 4.33. The average Bonchev–Trinajstić information content (AvgIpc) is 2.73. The largest absolute Gasteiger partial charge is 0.356 e. The summed E-state index contributed by atoms with van der Waals surface area (Å²) in [5, 5.41) is 15.4.